The van der Waals surface area contributed by atoms with Crippen molar-refractivity contribution in [1.29, 1.82) is 0 Å². The zero-order valence-corrected chi connectivity index (χ0v) is 7.91. The fourth-order valence-electron chi connectivity index (χ4n) is 1.31. The van der Waals surface area contributed by atoms with Crippen molar-refractivity contribution in [3.63, 3.8) is 0 Å². The van der Waals surface area contributed by atoms with Crippen molar-refractivity contribution in [2.24, 2.45) is 0 Å². The number of hydrogen-bond acceptors (Lipinski definition) is 1. The molecule has 0 saturated heterocycles. The van der Waals surface area contributed by atoms with Crippen LogP contribution in [-0.2, 0) is 11.3 Å². The second kappa shape index (κ2) is 3.47. The molecule has 1 aliphatic rings. The van der Waals surface area contributed by atoms with Gasteiger partial charge in [-0.3, -0.25) is 8.86 Å². The van der Waals surface area contributed by atoms with Gasteiger partial charge in [0.05, 0.1) is 5.69 Å². The van der Waals surface area contributed by atoms with E-state index >= 15 is 0 Å². The van der Waals surface area contributed by atoms with E-state index in [1.807, 2.05) is 30.3 Å². The number of rotatable bonds is 3. The Hall–Kier alpha value is -0.870. The lowest BCUT2D eigenvalue weighted by molar-refractivity contribution is 0.558. The highest BCUT2D eigenvalue weighted by Crippen LogP contribution is 2.32. The first-order valence-corrected chi connectivity index (χ1v) is 5.30. The molecule has 4 heteroatoms. The molecule has 0 aromatic heterocycles. The Balaban J connectivity index is 2.25. The summed E-state index contributed by atoms with van der Waals surface area (Å²) < 4.78 is 21.6. The Morgan fingerprint density at radius 3 is 2.38 bits per heavy atom. The van der Waals surface area contributed by atoms with Gasteiger partial charge in [-0.15, -0.1) is 0 Å². The second-order valence-electron chi connectivity index (χ2n) is 3.12. The summed E-state index contributed by atoms with van der Waals surface area (Å²) >= 11 is -1.89. The molecule has 1 fully saturated rings. The molecule has 3 nitrogen and oxygen atoms in total. The molecule has 1 aromatic carbocycles. The van der Waals surface area contributed by atoms with Crippen LogP contribution in [0, 0.1) is 0 Å². The van der Waals surface area contributed by atoms with Gasteiger partial charge in [0.2, 0.25) is 0 Å². The molecule has 0 radical (unpaired) electrons. The molecule has 1 atom stereocenters. The van der Waals surface area contributed by atoms with E-state index in [0.29, 0.717) is 0 Å². The van der Waals surface area contributed by atoms with Crippen molar-refractivity contribution in [3.8, 4) is 0 Å². The summed E-state index contributed by atoms with van der Waals surface area (Å²) in [4.78, 5) is 0. The van der Waals surface area contributed by atoms with E-state index < -0.39 is 11.3 Å². The Morgan fingerprint density at radius 2 is 1.92 bits per heavy atom. The Kier molecular flexibility index (Phi) is 2.33. The van der Waals surface area contributed by atoms with Gasteiger partial charge in [-0.25, -0.2) is 4.21 Å². The minimum atomic E-state index is -1.89. The molecule has 0 aliphatic heterocycles. The van der Waals surface area contributed by atoms with Crippen LogP contribution < -0.4 is 4.31 Å². The average Bonchev–Trinajstić information content (AvgIpc) is 2.90. The van der Waals surface area contributed by atoms with Gasteiger partial charge in [0, 0.05) is 6.04 Å². The quantitative estimate of drug-likeness (QED) is 0.750. The van der Waals surface area contributed by atoms with Crippen molar-refractivity contribution in [2.75, 3.05) is 4.31 Å². The lowest BCUT2D eigenvalue weighted by Crippen LogP contribution is -2.27. The van der Waals surface area contributed by atoms with E-state index in [9.17, 15) is 4.21 Å². The smallest absolute Gasteiger partial charge is 0.262 e. The monoisotopic (exact) mass is 197 g/mol. The molecule has 0 amide bonds. The van der Waals surface area contributed by atoms with E-state index in [-0.39, 0.29) is 6.04 Å². The fraction of sp³-hybridized carbons (Fsp3) is 0.333. The van der Waals surface area contributed by atoms with Crippen LogP contribution in [0.2, 0.25) is 0 Å². The third kappa shape index (κ3) is 1.89. The molecule has 2 rings (SSSR count). The molecule has 1 N–H and O–H groups in total. The van der Waals surface area contributed by atoms with Gasteiger partial charge in [-0.1, -0.05) is 18.2 Å². The first kappa shape index (κ1) is 8.72. The Morgan fingerprint density at radius 1 is 1.31 bits per heavy atom. The molecule has 1 aromatic rings. The molecular weight excluding hydrogens is 186 g/mol. The topological polar surface area (TPSA) is 40.5 Å². The lowest BCUT2D eigenvalue weighted by atomic mass is 10.3. The zero-order chi connectivity index (χ0) is 9.26. The van der Waals surface area contributed by atoms with Gasteiger partial charge < -0.3 is 0 Å². The van der Waals surface area contributed by atoms with E-state index in [4.69, 9.17) is 4.55 Å². The molecule has 70 valence electrons. The summed E-state index contributed by atoms with van der Waals surface area (Å²) in [6, 6.07) is 9.61. The number of nitrogens with zero attached hydrogens (tertiary/aromatic N) is 1. The second-order valence-corrected chi connectivity index (χ2v) is 3.98. The third-order valence-electron chi connectivity index (χ3n) is 2.06. The van der Waals surface area contributed by atoms with Gasteiger partial charge in [-0.05, 0) is 25.0 Å². The van der Waals surface area contributed by atoms with E-state index in [0.717, 1.165) is 18.5 Å². The Labute approximate surface area is 79.8 Å². The molecule has 0 spiro atoms. The van der Waals surface area contributed by atoms with E-state index in [1.54, 1.807) is 4.31 Å². The highest BCUT2D eigenvalue weighted by molar-refractivity contribution is 7.80. The van der Waals surface area contributed by atoms with Crippen molar-refractivity contribution in [2.45, 2.75) is 18.9 Å². The molecule has 0 bridgehead atoms. The van der Waals surface area contributed by atoms with Crippen LogP contribution in [-0.4, -0.2) is 14.8 Å². The summed E-state index contributed by atoms with van der Waals surface area (Å²) in [5.41, 5.74) is 0.825. The third-order valence-corrected chi connectivity index (χ3v) is 2.90. The fourth-order valence-corrected chi connectivity index (χ4v) is 2.08. The summed E-state index contributed by atoms with van der Waals surface area (Å²) in [5.74, 6) is 0. The predicted molar refractivity (Wildman–Crippen MR) is 52.7 cm³/mol. The molecular formula is C9H11NO2S. The van der Waals surface area contributed by atoms with Gasteiger partial charge in [0.25, 0.3) is 11.3 Å². The molecule has 1 unspecified atom stereocenters. The first-order valence-electron chi connectivity index (χ1n) is 4.24. The van der Waals surface area contributed by atoms with Gasteiger partial charge >= 0.3 is 0 Å². The number of para-hydroxylation sites is 1. The maximum Gasteiger partial charge on any atom is 0.262 e. The number of hydrogen-bond donors (Lipinski definition) is 1. The van der Waals surface area contributed by atoms with Crippen LogP contribution in [0.1, 0.15) is 12.8 Å². The van der Waals surface area contributed by atoms with E-state index in [1.165, 1.54) is 0 Å². The van der Waals surface area contributed by atoms with Crippen LogP contribution in [0.15, 0.2) is 30.3 Å². The summed E-state index contributed by atoms with van der Waals surface area (Å²) in [6.07, 6.45) is 2.03. The Bertz CT molecular complexity index is 311. The van der Waals surface area contributed by atoms with Crippen molar-refractivity contribution in [1.82, 2.24) is 0 Å². The largest absolute Gasteiger partial charge is 0.289 e. The van der Waals surface area contributed by atoms with Gasteiger partial charge in [-0.2, -0.15) is 0 Å². The number of benzene rings is 1. The minimum Gasteiger partial charge on any atom is -0.289 e. The molecule has 0 heterocycles. The number of anilines is 1. The summed E-state index contributed by atoms with van der Waals surface area (Å²) in [7, 11) is 0. The van der Waals surface area contributed by atoms with Crippen LogP contribution in [0.3, 0.4) is 0 Å². The SMILES string of the molecule is O=S(O)N(c1ccccc1)C1CC1. The van der Waals surface area contributed by atoms with Crippen molar-refractivity contribution < 1.29 is 8.76 Å². The highest BCUT2D eigenvalue weighted by atomic mass is 32.2. The maximum absolute atomic E-state index is 11.0. The van der Waals surface area contributed by atoms with Gasteiger partial charge in [0.1, 0.15) is 0 Å². The normalized spacial score (nSPS) is 18.2. The molecule has 13 heavy (non-hydrogen) atoms. The van der Waals surface area contributed by atoms with Crippen molar-refractivity contribution >= 4 is 17.0 Å². The van der Waals surface area contributed by atoms with E-state index in [2.05, 4.69) is 0 Å². The standard InChI is InChI=1S/C9H11NO2S/c11-13(12)10(9-6-7-9)8-4-2-1-3-5-8/h1-5,9H,6-7H2,(H,11,12). The molecule has 1 saturated carbocycles. The van der Waals surface area contributed by atoms with Crippen LogP contribution in [0.25, 0.3) is 0 Å². The average molecular weight is 197 g/mol. The maximum atomic E-state index is 11.0. The summed E-state index contributed by atoms with van der Waals surface area (Å²) in [5, 5.41) is 0. The summed E-state index contributed by atoms with van der Waals surface area (Å²) in [6.45, 7) is 0. The van der Waals surface area contributed by atoms with Crippen LogP contribution >= 0.6 is 0 Å². The zero-order valence-electron chi connectivity index (χ0n) is 7.09. The van der Waals surface area contributed by atoms with Crippen LogP contribution in [0.5, 0.6) is 0 Å². The molecule has 1 aliphatic carbocycles. The van der Waals surface area contributed by atoms with Crippen LogP contribution in [0.4, 0.5) is 5.69 Å². The lowest BCUT2D eigenvalue weighted by Gasteiger charge is -2.18. The van der Waals surface area contributed by atoms with Gasteiger partial charge in [0.15, 0.2) is 0 Å². The van der Waals surface area contributed by atoms with Crippen molar-refractivity contribution in [3.05, 3.63) is 30.3 Å². The predicted octanol–water partition coefficient (Wildman–Crippen LogP) is 1.79. The minimum absolute atomic E-state index is 0.258. The first-order chi connectivity index (χ1) is 6.29. The highest BCUT2D eigenvalue weighted by Gasteiger charge is 2.32.